The Bertz CT molecular complexity index is 1080. The van der Waals surface area contributed by atoms with Gasteiger partial charge in [-0.1, -0.05) is 0 Å². The average Bonchev–Trinajstić information content (AvgIpc) is 3.37. The Balaban J connectivity index is 1.23. The van der Waals surface area contributed by atoms with Crippen molar-refractivity contribution in [1.82, 2.24) is 24.8 Å². The van der Waals surface area contributed by atoms with Crippen LogP contribution in [0.1, 0.15) is 25.7 Å². The third-order valence-electron chi connectivity index (χ3n) is 7.15. The van der Waals surface area contributed by atoms with Crippen molar-refractivity contribution in [2.45, 2.75) is 43.2 Å². The fraction of sp³-hybridized carbons (Fsp3) is 0.591. The number of fused-ring (bicyclic) bond motifs is 3. The van der Waals surface area contributed by atoms with Crippen molar-refractivity contribution in [2.75, 3.05) is 55.3 Å². The fourth-order valence-electron chi connectivity index (χ4n) is 4.92. The molecule has 14 heteroatoms. The summed E-state index contributed by atoms with van der Waals surface area (Å²) in [6, 6.07) is -0.564. The number of hydrogen-bond acceptors (Lipinski definition) is 9. The number of ether oxygens (including phenoxy) is 1. The summed E-state index contributed by atoms with van der Waals surface area (Å²) in [6.45, 7) is 2.58. The third-order valence-corrected chi connectivity index (χ3v) is 7.83. The highest BCUT2D eigenvalue weighted by Crippen LogP contribution is 2.36. The highest BCUT2D eigenvalue weighted by molar-refractivity contribution is 7.13. The molecule has 194 valence electrons. The Labute approximate surface area is 210 Å². The summed E-state index contributed by atoms with van der Waals surface area (Å²) in [6.07, 6.45) is 4.33. The van der Waals surface area contributed by atoms with Gasteiger partial charge in [-0.2, -0.15) is 4.98 Å². The zero-order valence-electron chi connectivity index (χ0n) is 19.8. The summed E-state index contributed by atoms with van der Waals surface area (Å²) < 4.78 is 35.4. The Kier molecular flexibility index (Phi) is 6.64. The maximum Gasteiger partial charge on any atom is 0.413 e. The Morgan fingerprint density at radius 2 is 1.86 bits per heavy atom. The van der Waals surface area contributed by atoms with Crippen molar-refractivity contribution >= 4 is 40.4 Å². The normalized spacial score (nSPS) is 26.8. The van der Waals surface area contributed by atoms with Gasteiger partial charge >= 0.3 is 12.1 Å². The van der Waals surface area contributed by atoms with Gasteiger partial charge in [0.25, 0.3) is 5.92 Å². The van der Waals surface area contributed by atoms with E-state index in [0.717, 1.165) is 43.8 Å². The van der Waals surface area contributed by atoms with Gasteiger partial charge in [0.2, 0.25) is 5.95 Å². The number of anilines is 3. The summed E-state index contributed by atoms with van der Waals surface area (Å²) in [5, 5.41) is 7.20. The summed E-state index contributed by atoms with van der Waals surface area (Å²) in [5.74, 6) is -2.69. The number of amides is 3. The van der Waals surface area contributed by atoms with E-state index >= 15 is 0 Å². The monoisotopic (exact) mass is 522 g/mol. The SMILES string of the molecule is CN(C(=O)Nc1nccs1)[C@H]1CN(c2nccc(NC(=O)OC34CCN(CC3)CC4)n2)CCC1(F)F. The molecule has 0 saturated carbocycles. The Hall–Kier alpha value is -3.13. The van der Waals surface area contributed by atoms with E-state index in [9.17, 15) is 18.4 Å². The number of halogens is 2. The highest BCUT2D eigenvalue weighted by atomic mass is 32.1. The summed E-state index contributed by atoms with van der Waals surface area (Å²) in [4.78, 5) is 42.6. The molecule has 1 atom stereocenters. The van der Waals surface area contributed by atoms with Crippen molar-refractivity contribution in [2.24, 2.45) is 0 Å². The standard InChI is InChI=1S/C22H28F2N8O3S/c1-30(19(33)29-18-26-8-13-36-18)15-14-32(12-6-22(15,23)24)17-25-7-2-16(27-17)28-20(34)35-21-3-9-31(10-4-21)11-5-21/h2,7-8,13,15H,3-6,9-12,14H2,1H3,(H,26,29,33)(H,25,27,28,34)/t15-/m0/s1. The van der Waals surface area contributed by atoms with E-state index in [1.807, 2.05) is 0 Å². The van der Waals surface area contributed by atoms with Crippen LogP contribution in [-0.4, -0.2) is 94.2 Å². The van der Waals surface area contributed by atoms with Crippen molar-refractivity contribution in [1.29, 1.82) is 0 Å². The number of thiazole rings is 1. The molecule has 0 radical (unpaired) electrons. The lowest BCUT2D eigenvalue weighted by atomic mass is 9.83. The molecule has 0 aromatic carbocycles. The predicted octanol–water partition coefficient (Wildman–Crippen LogP) is 3.10. The molecule has 4 saturated heterocycles. The van der Waals surface area contributed by atoms with Crippen LogP contribution in [0.5, 0.6) is 0 Å². The van der Waals surface area contributed by atoms with Gasteiger partial charge in [0, 0.05) is 83.2 Å². The number of rotatable bonds is 5. The highest BCUT2D eigenvalue weighted by Gasteiger charge is 2.48. The van der Waals surface area contributed by atoms with Crippen LogP contribution >= 0.6 is 11.3 Å². The number of carbonyl (C=O) groups is 2. The van der Waals surface area contributed by atoms with Crippen molar-refractivity contribution < 1.29 is 23.1 Å². The van der Waals surface area contributed by atoms with Gasteiger partial charge in [0.1, 0.15) is 17.5 Å². The molecule has 0 unspecified atom stereocenters. The largest absolute Gasteiger partial charge is 0.443 e. The second-order valence-corrected chi connectivity index (χ2v) is 10.3. The van der Waals surface area contributed by atoms with E-state index in [2.05, 4.69) is 30.5 Å². The molecule has 6 rings (SSSR count). The molecular weight excluding hydrogens is 494 g/mol. The number of hydrogen-bond donors (Lipinski definition) is 2. The van der Waals surface area contributed by atoms with Crippen molar-refractivity contribution in [3.8, 4) is 0 Å². The molecule has 4 aliphatic rings. The summed E-state index contributed by atoms with van der Waals surface area (Å²) >= 11 is 1.20. The topological polar surface area (TPSA) is 116 Å². The first-order valence-electron chi connectivity index (χ1n) is 11.8. The zero-order chi connectivity index (χ0) is 25.3. The van der Waals surface area contributed by atoms with Crippen LogP contribution in [0.25, 0.3) is 0 Å². The number of aromatic nitrogens is 3. The lowest BCUT2D eigenvalue weighted by Gasteiger charge is -2.47. The smallest absolute Gasteiger partial charge is 0.413 e. The van der Waals surface area contributed by atoms with E-state index in [-0.39, 0.29) is 24.9 Å². The van der Waals surface area contributed by atoms with E-state index in [1.165, 1.54) is 36.8 Å². The van der Waals surface area contributed by atoms with Crippen LogP contribution in [0.15, 0.2) is 23.8 Å². The molecule has 2 bridgehead atoms. The summed E-state index contributed by atoms with van der Waals surface area (Å²) in [7, 11) is 1.33. The third kappa shape index (κ3) is 5.19. The lowest BCUT2D eigenvalue weighted by Crippen LogP contribution is -2.60. The first-order valence-corrected chi connectivity index (χ1v) is 12.7. The Morgan fingerprint density at radius 1 is 1.11 bits per heavy atom. The Morgan fingerprint density at radius 3 is 2.56 bits per heavy atom. The number of urea groups is 1. The molecule has 36 heavy (non-hydrogen) atoms. The molecule has 0 aliphatic carbocycles. The second-order valence-electron chi connectivity index (χ2n) is 9.38. The van der Waals surface area contributed by atoms with Crippen LogP contribution in [0.4, 0.5) is 35.3 Å². The predicted molar refractivity (Wildman–Crippen MR) is 130 cm³/mol. The van der Waals surface area contributed by atoms with Gasteiger partial charge in [0.15, 0.2) is 5.13 Å². The minimum atomic E-state index is -3.10. The minimum absolute atomic E-state index is 0.00104. The molecule has 4 aliphatic heterocycles. The van der Waals surface area contributed by atoms with Gasteiger partial charge in [-0.15, -0.1) is 11.3 Å². The maximum absolute atomic E-state index is 14.8. The van der Waals surface area contributed by atoms with Crippen LogP contribution in [0, 0.1) is 0 Å². The van der Waals surface area contributed by atoms with E-state index in [0.29, 0.717) is 5.13 Å². The van der Waals surface area contributed by atoms with Crippen LogP contribution in [0.2, 0.25) is 0 Å². The molecule has 0 spiro atoms. The number of nitrogens with zero attached hydrogens (tertiary/aromatic N) is 6. The molecule has 6 heterocycles. The quantitative estimate of drug-likeness (QED) is 0.616. The average molecular weight is 523 g/mol. The van der Waals surface area contributed by atoms with Gasteiger partial charge in [0.05, 0.1) is 0 Å². The first kappa shape index (κ1) is 24.6. The lowest BCUT2D eigenvalue weighted by molar-refractivity contribution is -0.0760. The molecule has 4 fully saturated rings. The van der Waals surface area contributed by atoms with Gasteiger partial charge in [-0.3, -0.25) is 10.6 Å². The first-order chi connectivity index (χ1) is 17.2. The minimum Gasteiger partial charge on any atom is -0.443 e. The number of alkyl halides is 2. The molecule has 2 aromatic rings. The second kappa shape index (κ2) is 9.73. The van der Waals surface area contributed by atoms with Gasteiger partial charge in [-0.05, 0) is 6.07 Å². The maximum atomic E-state index is 14.8. The number of piperidine rings is 4. The van der Waals surface area contributed by atoms with Crippen LogP contribution < -0.4 is 15.5 Å². The van der Waals surface area contributed by atoms with Crippen molar-refractivity contribution in [3.63, 3.8) is 0 Å². The molecule has 3 amide bonds. The summed E-state index contributed by atoms with van der Waals surface area (Å²) in [5.41, 5.74) is -0.440. The van der Waals surface area contributed by atoms with Crippen LogP contribution in [-0.2, 0) is 4.74 Å². The van der Waals surface area contributed by atoms with Gasteiger partial charge in [-0.25, -0.2) is 28.3 Å². The number of carbonyl (C=O) groups excluding carboxylic acids is 2. The van der Waals surface area contributed by atoms with E-state index in [4.69, 9.17) is 4.74 Å². The van der Waals surface area contributed by atoms with Crippen LogP contribution in [0.3, 0.4) is 0 Å². The van der Waals surface area contributed by atoms with Gasteiger partial charge < -0.3 is 19.4 Å². The molecule has 11 nitrogen and oxygen atoms in total. The molecule has 2 N–H and O–H groups in total. The van der Waals surface area contributed by atoms with E-state index < -0.39 is 36.1 Å². The number of nitrogens with one attached hydrogen (secondary N) is 2. The fourth-order valence-corrected chi connectivity index (χ4v) is 5.44. The molecular formula is C22H28F2N8O3S. The molecule has 2 aromatic heterocycles. The number of likely N-dealkylation sites (N-methyl/N-ethyl adjacent to an activating group) is 1. The van der Waals surface area contributed by atoms with E-state index in [1.54, 1.807) is 10.3 Å². The zero-order valence-corrected chi connectivity index (χ0v) is 20.6. The van der Waals surface area contributed by atoms with Crippen molar-refractivity contribution in [3.05, 3.63) is 23.8 Å².